The summed E-state index contributed by atoms with van der Waals surface area (Å²) in [5.41, 5.74) is 2.72. The van der Waals surface area contributed by atoms with Crippen LogP contribution in [0, 0.1) is 0 Å². The summed E-state index contributed by atoms with van der Waals surface area (Å²) in [6, 6.07) is 16.1. The third-order valence-electron chi connectivity index (χ3n) is 5.06. The Morgan fingerprint density at radius 3 is 2.44 bits per heavy atom. The molecule has 1 aliphatic heterocycles. The van der Waals surface area contributed by atoms with Crippen LogP contribution >= 0.6 is 39.1 Å². The lowest BCUT2D eigenvalue weighted by Gasteiger charge is -2.14. The molecule has 0 radical (unpaired) electrons. The molecule has 0 aliphatic carbocycles. The number of methoxy groups -OCH3 is 2. The second kappa shape index (κ2) is 10.6. The van der Waals surface area contributed by atoms with Crippen molar-refractivity contribution in [3.63, 3.8) is 0 Å². The molecular weight excluding hydrogens is 543 g/mol. The van der Waals surface area contributed by atoms with Crippen molar-refractivity contribution < 1.29 is 23.7 Å². The molecule has 1 heterocycles. The topological polar surface area (TPSA) is 54.0 Å². The average Bonchev–Trinajstić information content (AvgIpc) is 3.19. The van der Waals surface area contributed by atoms with Crippen molar-refractivity contribution >= 4 is 56.9 Å². The lowest BCUT2D eigenvalue weighted by Crippen LogP contribution is -2.00. The SMILES string of the molecule is COc1ccc(C2=C/C(=C\c3cc(Br)c(OCc4ccc(Cl)cc4Cl)c(OC)c3)C(=O)O2)cc1. The van der Waals surface area contributed by atoms with Gasteiger partial charge in [-0.05, 0) is 82.2 Å². The molecule has 0 bridgehead atoms. The van der Waals surface area contributed by atoms with Crippen LogP contribution in [-0.2, 0) is 16.1 Å². The van der Waals surface area contributed by atoms with Crippen LogP contribution in [0.3, 0.4) is 0 Å². The van der Waals surface area contributed by atoms with Crippen molar-refractivity contribution in [2.75, 3.05) is 14.2 Å². The molecule has 0 N–H and O–H groups in total. The minimum absolute atomic E-state index is 0.228. The first-order valence-electron chi connectivity index (χ1n) is 10.1. The van der Waals surface area contributed by atoms with Crippen molar-refractivity contribution in [2.45, 2.75) is 6.61 Å². The fourth-order valence-electron chi connectivity index (χ4n) is 3.32. The molecule has 5 nitrogen and oxygen atoms in total. The standard InChI is InChI=1S/C26H19BrCl2O5/c1-31-20-7-4-16(5-8-20)23-12-18(26(30)34-23)9-15-10-21(27)25(24(11-15)32-2)33-14-17-3-6-19(28)13-22(17)29/h3-13H,14H2,1-2H3/b18-9+. The zero-order valence-corrected chi connectivity index (χ0v) is 21.3. The van der Waals surface area contributed by atoms with Gasteiger partial charge in [-0.1, -0.05) is 29.3 Å². The Hall–Kier alpha value is -2.93. The number of carbonyl (C=O) groups is 1. The third-order valence-corrected chi connectivity index (χ3v) is 6.24. The van der Waals surface area contributed by atoms with Gasteiger partial charge in [-0.25, -0.2) is 4.79 Å². The van der Waals surface area contributed by atoms with Crippen LogP contribution < -0.4 is 14.2 Å². The number of carbonyl (C=O) groups excluding carboxylic acids is 1. The maximum atomic E-state index is 12.5. The highest BCUT2D eigenvalue weighted by Gasteiger charge is 2.22. The van der Waals surface area contributed by atoms with Crippen LogP contribution in [0.2, 0.25) is 10.0 Å². The van der Waals surface area contributed by atoms with E-state index in [1.54, 1.807) is 44.6 Å². The Morgan fingerprint density at radius 2 is 1.76 bits per heavy atom. The van der Waals surface area contributed by atoms with Crippen molar-refractivity contribution in [3.05, 3.63) is 97.5 Å². The van der Waals surface area contributed by atoms with E-state index in [1.165, 1.54) is 0 Å². The molecule has 0 aromatic heterocycles. The molecule has 174 valence electrons. The van der Waals surface area contributed by atoms with E-state index in [9.17, 15) is 4.79 Å². The maximum absolute atomic E-state index is 12.5. The number of hydrogen-bond donors (Lipinski definition) is 0. The summed E-state index contributed by atoms with van der Waals surface area (Å²) in [6.45, 7) is 0.228. The fraction of sp³-hybridized carbons (Fsp3) is 0.115. The van der Waals surface area contributed by atoms with Gasteiger partial charge in [0.05, 0.1) is 24.3 Å². The lowest BCUT2D eigenvalue weighted by molar-refractivity contribution is -0.130. The third kappa shape index (κ3) is 5.41. The van der Waals surface area contributed by atoms with Gasteiger partial charge in [0, 0.05) is 21.2 Å². The van der Waals surface area contributed by atoms with Gasteiger partial charge < -0.3 is 18.9 Å². The molecule has 0 saturated heterocycles. The van der Waals surface area contributed by atoms with Gasteiger partial charge in [0.15, 0.2) is 11.5 Å². The molecule has 1 aliphatic rings. The molecule has 0 fully saturated rings. The lowest BCUT2D eigenvalue weighted by atomic mass is 10.1. The fourth-order valence-corrected chi connectivity index (χ4v) is 4.36. The van der Waals surface area contributed by atoms with E-state index < -0.39 is 5.97 Å². The summed E-state index contributed by atoms with van der Waals surface area (Å²) in [5, 5.41) is 1.07. The number of benzene rings is 3. The maximum Gasteiger partial charge on any atom is 0.343 e. The first-order valence-corrected chi connectivity index (χ1v) is 11.7. The summed E-state index contributed by atoms with van der Waals surface area (Å²) < 4.78 is 22.8. The molecule has 0 unspecified atom stereocenters. The summed E-state index contributed by atoms with van der Waals surface area (Å²) in [4.78, 5) is 12.5. The number of hydrogen-bond acceptors (Lipinski definition) is 5. The van der Waals surface area contributed by atoms with Gasteiger partial charge in [-0.15, -0.1) is 0 Å². The van der Waals surface area contributed by atoms with E-state index in [1.807, 2.05) is 36.4 Å². The van der Waals surface area contributed by atoms with Crippen molar-refractivity contribution in [2.24, 2.45) is 0 Å². The molecule has 8 heteroatoms. The van der Waals surface area contributed by atoms with Crippen molar-refractivity contribution in [1.29, 1.82) is 0 Å². The van der Waals surface area contributed by atoms with Crippen LogP contribution in [-0.4, -0.2) is 20.2 Å². The van der Waals surface area contributed by atoms with Crippen molar-refractivity contribution in [3.8, 4) is 17.2 Å². The van der Waals surface area contributed by atoms with Gasteiger partial charge in [0.25, 0.3) is 0 Å². The Labute approximate surface area is 215 Å². The van der Waals surface area contributed by atoms with Crippen LogP contribution in [0.4, 0.5) is 0 Å². The van der Waals surface area contributed by atoms with Crippen LogP contribution in [0.5, 0.6) is 17.2 Å². The van der Waals surface area contributed by atoms with Gasteiger partial charge in [-0.2, -0.15) is 0 Å². The highest BCUT2D eigenvalue weighted by molar-refractivity contribution is 9.10. The minimum Gasteiger partial charge on any atom is -0.497 e. The number of cyclic esters (lactones) is 1. The Bertz CT molecular complexity index is 1300. The number of esters is 1. The van der Waals surface area contributed by atoms with E-state index >= 15 is 0 Å². The smallest absolute Gasteiger partial charge is 0.343 e. The van der Waals surface area contributed by atoms with E-state index in [0.29, 0.717) is 37.3 Å². The van der Waals surface area contributed by atoms with Gasteiger partial charge in [-0.3, -0.25) is 0 Å². The van der Waals surface area contributed by atoms with Crippen LogP contribution in [0.1, 0.15) is 16.7 Å². The molecule has 3 aromatic rings. The Morgan fingerprint density at radius 1 is 1.00 bits per heavy atom. The van der Waals surface area contributed by atoms with E-state index in [2.05, 4.69) is 15.9 Å². The molecule has 0 atom stereocenters. The highest BCUT2D eigenvalue weighted by atomic mass is 79.9. The first kappa shape index (κ1) is 24.2. The zero-order valence-electron chi connectivity index (χ0n) is 18.2. The quantitative estimate of drug-likeness (QED) is 0.223. The van der Waals surface area contributed by atoms with E-state index in [4.69, 9.17) is 42.1 Å². The number of ether oxygens (including phenoxy) is 4. The molecule has 0 spiro atoms. The monoisotopic (exact) mass is 560 g/mol. The summed E-state index contributed by atoms with van der Waals surface area (Å²) in [7, 11) is 3.15. The molecule has 4 rings (SSSR count). The van der Waals surface area contributed by atoms with E-state index in [0.717, 1.165) is 22.4 Å². The average molecular weight is 562 g/mol. The second-order valence-corrected chi connectivity index (χ2v) is 8.98. The first-order chi connectivity index (χ1) is 16.4. The van der Waals surface area contributed by atoms with Gasteiger partial charge >= 0.3 is 5.97 Å². The highest BCUT2D eigenvalue weighted by Crippen LogP contribution is 2.39. The Balaban J connectivity index is 1.57. The number of rotatable bonds is 7. The summed E-state index contributed by atoms with van der Waals surface area (Å²) in [5.74, 6) is 1.78. The predicted octanol–water partition coefficient (Wildman–Crippen LogP) is 7.33. The zero-order chi connectivity index (χ0) is 24.2. The summed E-state index contributed by atoms with van der Waals surface area (Å²) >= 11 is 15.7. The van der Waals surface area contributed by atoms with Crippen LogP contribution in [0.25, 0.3) is 11.8 Å². The van der Waals surface area contributed by atoms with Gasteiger partial charge in [0.2, 0.25) is 0 Å². The molecule has 34 heavy (non-hydrogen) atoms. The largest absolute Gasteiger partial charge is 0.497 e. The normalized spacial score (nSPS) is 14.1. The van der Waals surface area contributed by atoms with Gasteiger partial charge in [0.1, 0.15) is 18.1 Å². The molecule has 3 aromatic carbocycles. The number of halogens is 3. The Kier molecular flexibility index (Phi) is 7.51. The second-order valence-electron chi connectivity index (χ2n) is 7.28. The summed E-state index contributed by atoms with van der Waals surface area (Å²) in [6.07, 6.45) is 3.43. The molecular formula is C26H19BrCl2O5. The van der Waals surface area contributed by atoms with Crippen LogP contribution in [0.15, 0.2) is 70.7 Å². The van der Waals surface area contributed by atoms with E-state index in [-0.39, 0.29) is 6.61 Å². The molecule has 0 saturated carbocycles. The predicted molar refractivity (Wildman–Crippen MR) is 137 cm³/mol. The molecule has 0 amide bonds. The van der Waals surface area contributed by atoms with Crippen molar-refractivity contribution in [1.82, 2.24) is 0 Å². The minimum atomic E-state index is -0.432.